The monoisotopic (exact) mass is 240 g/mol. The zero-order valence-corrected chi connectivity index (χ0v) is 10.6. The minimum absolute atomic E-state index is 0.250. The maximum atomic E-state index is 8.67. The van der Waals surface area contributed by atoms with E-state index in [4.69, 9.17) is 9.68 Å². The van der Waals surface area contributed by atoms with E-state index in [1.807, 2.05) is 12.1 Å². The van der Waals surface area contributed by atoms with Crippen LogP contribution >= 0.6 is 0 Å². The summed E-state index contributed by atoms with van der Waals surface area (Å²) in [7, 11) is 0. The Balaban J connectivity index is 1.96. The lowest BCUT2D eigenvalue weighted by Gasteiger charge is -2.13. The Morgan fingerprint density at radius 2 is 2.17 bits per heavy atom. The molecule has 1 aromatic carbocycles. The number of rotatable bonds is 4. The molecular formula is C15H16N2O. The van der Waals surface area contributed by atoms with E-state index in [0.717, 1.165) is 5.76 Å². The number of hydrogen-bond acceptors (Lipinski definition) is 3. The van der Waals surface area contributed by atoms with Crippen molar-refractivity contribution in [3.8, 4) is 6.07 Å². The number of nitriles is 1. The van der Waals surface area contributed by atoms with Gasteiger partial charge in [-0.25, -0.2) is 0 Å². The van der Waals surface area contributed by atoms with Gasteiger partial charge in [0.1, 0.15) is 11.8 Å². The van der Waals surface area contributed by atoms with Gasteiger partial charge in [0.05, 0.1) is 6.54 Å². The van der Waals surface area contributed by atoms with E-state index < -0.39 is 0 Å². The van der Waals surface area contributed by atoms with Gasteiger partial charge in [0.2, 0.25) is 5.76 Å². The van der Waals surface area contributed by atoms with Crippen molar-refractivity contribution in [3.63, 3.8) is 0 Å². The van der Waals surface area contributed by atoms with Crippen molar-refractivity contribution in [3.05, 3.63) is 59.0 Å². The van der Waals surface area contributed by atoms with E-state index in [2.05, 4.69) is 43.4 Å². The second-order valence-corrected chi connectivity index (χ2v) is 4.39. The number of nitrogens with zero attached hydrogens (tertiary/aromatic N) is 1. The molecule has 1 aromatic heterocycles. The fourth-order valence-electron chi connectivity index (χ4n) is 1.84. The maximum absolute atomic E-state index is 8.67. The van der Waals surface area contributed by atoms with Crippen LogP contribution in [0.5, 0.6) is 0 Å². The predicted molar refractivity (Wildman–Crippen MR) is 69.9 cm³/mol. The van der Waals surface area contributed by atoms with Crippen molar-refractivity contribution >= 4 is 0 Å². The molecule has 3 nitrogen and oxygen atoms in total. The molecule has 0 saturated carbocycles. The van der Waals surface area contributed by atoms with Crippen LogP contribution in [0, 0.1) is 18.3 Å². The topological polar surface area (TPSA) is 49.0 Å². The summed E-state index contributed by atoms with van der Waals surface area (Å²) in [6.45, 7) is 4.82. The summed E-state index contributed by atoms with van der Waals surface area (Å²) in [5.41, 5.74) is 2.51. The lowest BCUT2D eigenvalue weighted by Crippen LogP contribution is -2.17. The number of furan rings is 1. The zero-order chi connectivity index (χ0) is 13.0. The van der Waals surface area contributed by atoms with Gasteiger partial charge in [-0.2, -0.15) is 5.26 Å². The van der Waals surface area contributed by atoms with Crippen molar-refractivity contribution < 1.29 is 4.42 Å². The summed E-state index contributed by atoms with van der Waals surface area (Å²) in [6.07, 6.45) is 0. The molecule has 0 bridgehead atoms. The molecule has 92 valence electrons. The summed E-state index contributed by atoms with van der Waals surface area (Å²) in [5.74, 6) is 1.14. The van der Waals surface area contributed by atoms with Gasteiger partial charge in [-0.05, 0) is 31.5 Å². The average Bonchev–Trinajstić information content (AvgIpc) is 2.84. The molecule has 1 N–H and O–H groups in total. The number of nitrogens with one attached hydrogen (secondary N) is 1. The quantitative estimate of drug-likeness (QED) is 0.891. The van der Waals surface area contributed by atoms with Gasteiger partial charge in [0, 0.05) is 6.04 Å². The highest BCUT2D eigenvalue weighted by Crippen LogP contribution is 2.15. The minimum Gasteiger partial charge on any atom is -0.449 e. The van der Waals surface area contributed by atoms with Crippen molar-refractivity contribution in [2.24, 2.45) is 0 Å². The van der Waals surface area contributed by atoms with Gasteiger partial charge in [0.15, 0.2) is 0 Å². The molecule has 1 heterocycles. The summed E-state index contributed by atoms with van der Waals surface area (Å²) >= 11 is 0. The first-order valence-electron chi connectivity index (χ1n) is 5.98. The third-order valence-electron chi connectivity index (χ3n) is 2.90. The number of aryl methyl sites for hydroxylation is 1. The molecule has 0 aliphatic rings. The molecule has 3 heteroatoms. The van der Waals surface area contributed by atoms with Crippen LogP contribution in [0.3, 0.4) is 0 Å². The molecule has 0 spiro atoms. The van der Waals surface area contributed by atoms with Crippen LogP contribution in [-0.2, 0) is 6.54 Å². The maximum Gasteiger partial charge on any atom is 0.203 e. The van der Waals surface area contributed by atoms with Crippen LogP contribution in [0.25, 0.3) is 0 Å². The summed E-state index contributed by atoms with van der Waals surface area (Å²) in [6, 6.07) is 14.2. The predicted octanol–water partition coefficient (Wildman–Crippen LogP) is 3.31. The second kappa shape index (κ2) is 5.52. The van der Waals surface area contributed by atoms with Gasteiger partial charge in [0.25, 0.3) is 0 Å². The van der Waals surface area contributed by atoms with E-state index in [1.165, 1.54) is 11.1 Å². The summed E-state index contributed by atoms with van der Waals surface area (Å²) in [4.78, 5) is 0. The highest BCUT2D eigenvalue weighted by molar-refractivity contribution is 5.25. The van der Waals surface area contributed by atoms with Crippen LogP contribution in [0.2, 0.25) is 0 Å². The molecule has 0 aliphatic heterocycles. The van der Waals surface area contributed by atoms with Crippen LogP contribution < -0.4 is 5.32 Å². The Morgan fingerprint density at radius 1 is 1.33 bits per heavy atom. The molecule has 0 radical (unpaired) electrons. The number of hydrogen-bond donors (Lipinski definition) is 1. The Kier molecular flexibility index (Phi) is 3.81. The summed E-state index contributed by atoms with van der Waals surface area (Å²) in [5, 5.41) is 12.0. The van der Waals surface area contributed by atoms with Gasteiger partial charge in [-0.15, -0.1) is 0 Å². The lowest BCUT2D eigenvalue weighted by atomic mass is 10.1. The first kappa shape index (κ1) is 12.4. The largest absolute Gasteiger partial charge is 0.449 e. The molecule has 0 aliphatic carbocycles. The van der Waals surface area contributed by atoms with Gasteiger partial charge < -0.3 is 9.73 Å². The van der Waals surface area contributed by atoms with Crippen LogP contribution in [0.4, 0.5) is 0 Å². The van der Waals surface area contributed by atoms with Crippen molar-refractivity contribution in [1.29, 1.82) is 5.26 Å². The Hall–Kier alpha value is -2.05. The lowest BCUT2D eigenvalue weighted by molar-refractivity contribution is 0.453. The van der Waals surface area contributed by atoms with Gasteiger partial charge in [-0.1, -0.05) is 29.8 Å². The highest BCUT2D eigenvalue weighted by Gasteiger charge is 2.06. The van der Waals surface area contributed by atoms with Crippen LogP contribution in [0.15, 0.2) is 40.8 Å². The molecule has 0 amide bonds. The molecule has 1 atom stereocenters. The first-order valence-corrected chi connectivity index (χ1v) is 5.98. The van der Waals surface area contributed by atoms with E-state index in [0.29, 0.717) is 12.3 Å². The van der Waals surface area contributed by atoms with Gasteiger partial charge >= 0.3 is 0 Å². The standard InChI is InChI=1S/C15H16N2O/c1-11-4-3-5-13(8-11)12(2)17-10-15-7-6-14(9-16)18-15/h3-8,12,17H,10H2,1-2H3/t12-/m0/s1. The Labute approximate surface area is 107 Å². The van der Waals surface area contributed by atoms with Crippen LogP contribution in [0.1, 0.15) is 35.6 Å². The van der Waals surface area contributed by atoms with E-state index >= 15 is 0 Å². The smallest absolute Gasteiger partial charge is 0.203 e. The van der Waals surface area contributed by atoms with Crippen LogP contribution in [-0.4, -0.2) is 0 Å². The van der Waals surface area contributed by atoms with Crippen molar-refractivity contribution in [1.82, 2.24) is 5.32 Å². The normalized spacial score (nSPS) is 12.1. The number of benzene rings is 1. The Bertz CT molecular complexity index is 566. The second-order valence-electron chi connectivity index (χ2n) is 4.39. The van der Waals surface area contributed by atoms with E-state index in [-0.39, 0.29) is 6.04 Å². The highest BCUT2D eigenvalue weighted by atomic mass is 16.3. The van der Waals surface area contributed by atoms with Crippen molar-refractivity contribution in [2.45, 2.75) is 26.4 Å². The molecule has 18 heavy (non-hydrogen) atoms. The first-order chi connectivity index (χ1) is 8.69. The van der Waals surface area contributed by atoms with Crippen molar-refractivity contribution in [2.75, 3.05) is 0 Å². The SMILES string of the molecule is Cc1cccc([C@H](C)NCc2ccc(C#N)o2)c1. The minimum atomic E-state index is 0.250. The van der Waals surface area contributed by atoms with E-state index in [9.17, 15) is 0 Å². The average molecular weight is 240 g/mol. The van der Waals surface area contributed by atoms with E-state index in [1.54, 1.807) is 6.07 Å². The molecule has 0 unspecified atom stereocenters. The molecule has 2 rings (SSSR count). The fraction of sp³-hybridized carbons (Fsp3) is 0.267. The van der Waals surface area contributed by atoms with Gasteiger partial charge in [-0.3, -0.25) is 0 Å². The third kappa shape index (κ3) is 2.99. The molecular weight excluding hydrogens is 224 g/mol. The fourth-order valence-corrected chi connectivity index (χ4v) is 1.84. The molecule has 0 saturated heterocycles. The zero-order valence-electron chi connectivity index (χ0n) is 10.6. The third-order valence-corrected chi connectivity index (χ3v) is 2.90. The Morgan fingerprint density at radius 3 is 2.83 bits per heavy atom. The summed E-state index contributed by atoms with van der Waals surface area (Å²) < 4.78 is 5.32. The molecule has 0 fully saturated rings. The molecule has 2 aromatic rings.